The summed E-state index contributed by atoms with van der Waals surface area (Å²) in [7, 11) is 0. The number of piperidine rings is 1. The second-order valence-electron chi connectivity index (χ2n) is 6.89. The number of para-hydroxylation sites is 1. The van der Waals surface area contributed by atoms with Gasteiger partial charge in [-0.3, -0.25) is 9.59 Å². The molecular formula is C22H25N3O2S. The molecule has 0 bridgehead atoms. The predicted molar refractivity (Wildman–Crippen MR) is 115 cm³/mol. The van der Waals surface area contributed by atoms with Crippen LogP contribution in [0.15, 0.2) is 54.6 Å². The molecule has 0 aliphatic carbocycles. The Bertz CT molecular complexity index is 833. The van der Waals surface area contributed by atoms with Crippen molar-refractivity contribution in [3.05, 3.63) is 65.7 Å². The van der Waals surface area contributed by atoms with Gasteiger partial charge in [-0.15, -0.1) is 0 Å². The zero-order valence-corrected chi connectivity index (χ0v) is 16.6. The molecule has 0 spiro atoms. The summed E-state index contributed by atoms with van der Waals surface area (Å²) in [5.74, 6) is -0.151. The highest BCUT2D eigenvalue weighted by Gasteiger charge is 2.21. The average molecular weight is 396 g/mol. The number of aryl methyl sites for hydroxylation is 1. The van der Waals surface area contributed by atoms with Crippen LogP contribution in [0.3, 0.4) is 0 Å². The van der Waals surface area contributed by atoms with E-state index in [1.165, 1.54) is 6.42 Å². The van der Waals surface area contributed by atoms with Crippen LogP contribution in [0, 0.1) is 0 Å². The van der Waals surface area contributed by atoms with Crippen LogP contribution in [0.4, 0.5) is 5.69 Å². The number of benzene rings is 2. The fraction of sp³-hybridized carbons (Fsp3) is 0.318. The lowest BCUT2D eigenvalue weighted by Gasteiger charge is -2.27. The summed E-state index contributed by atoms with van der Waals surface area (Å²) in [6, 6.07) is 17.1. The lowest BCUT2D eigenvalue weighted by molar-refractivity contribution is -0.119. The summed E-state index contributed by atoms with van der Waals surface area (Å²) in [5, 5.41) is 5.92. The minimum Gasteiger partial charge on any atom is -0.339 e. The van der Waals surface area contributed by atoms with Crippen LogP contribution in [0.1, 0.15) is 41.6 Å². The van der Waals surface area contributed by atoms with E-state index in [4.69, 9.17) is 12.2 Å². The number of carbonyl (C=O) groups is 2. The third kappa shape index (κ3) is 5.63. The van der Waals surface area contributed by atoms with Crippen molar-refractivity contribution in [1.29, 1.82) is 0 Å². The van der Waals surface area contributed by atoms with Crippen molar-refractivity contribution < 1.29 is 9.59 Å². The smallest absolute Gasteiger partial charge is 0.255 e. The Morgan fingerprint density at radius 1 is 0.929 bits per heavy atom. The second kappa shape index (κ2) is 9.99. The first kappa shape index (κ1) is 20.0. The van der Waals surface area contributed by atoms with E-state index in [1.54, 1.807) is 12.1 Å². The Hall–Kier alpha value is -2.73. The van der Waals surface area contributed by atoms with Gasteiger partial charge < -0.3 is 15.5 Å². The molecule has 2 aromatic carbocycles. The van der Waals surface area contributed by atoms with Crippen LogP contribution < -0.4 is 10.6 Å². The molecule has 0 atom stereocenters. The Kier molecular flexibility index (Phi) is 7.14. The highest BCUT2D eigenvalue weighted by molar-refractivity contribution is 7.80. The van der Waals surface area contributed by atoms with Crippen LogP contribution in [-0.2, 0) is 11.2 Å². The van der Waals surface area contributed by atoms with Crippen LogP contribution >= 0.6 is 12.2 Å². The molecule has 3 rings (SSSR count). The molecule has 28 heavy (non-hydrogen) atoms. The van der Waals surface area contributed by atoms with Gasteiger partial charge in [-0.05, 0) is 55.6 Å². The molecule has 1 saturated heterocycles. The molecule has 1 aliphatic rings. The van der Waals surface area contributed by atoms with Gasteiger partial charge in [0, 0.05) is 19.5 Å². The highest BCUT2D eigenvalue weighted by Crippen LogP contribution is 2.20. The van der Waals surface area contributed by atoms with Crippen LogP contribution in [0.25, 0.3) is 0 Å². The largest absolute Gasteiger partial charge is 0.339 e. The molecule has 146 valence electrons. The lowest BCUT2D eigenvalue weighted by Crippen LogP contribution is -2.37. The molecule has 0 unspecified atom stereocenters. The van der Waals surface area contributed by atoms with Gasteiger partial charge in [-0.1, -0.05) is 42.5 Å². The van der Waals surface area contributed by atoms with Crippen molar-refractivity contribution in [3.63, 3.8) is 0 Å². The molecule has 0 radical (unpaired) electrons. The standard InChI is InChI=1S/C22H25N3O2S/c26-20(14-13-17-9-3-1-4-10-17)24-22(28)23-19-12-6-5-11-18(19)21(27)25-15-7-2-8-16-25/h1,3-6,9-12H,2,7-8,13-16H2,(H2,23,24,26,28). The Morgan fingerprint density at radius 3 is 2.36 bits per heavy atom. The van der Waals surface area contributed by atoms with Crippen LogP contribution in [0.2, 0.25) is 0 Å². The number of carbonyl (C=O) groups excluding carboxylic acids is 2. The summed E-state index contributed by atoms with van der Waals surface area (Å²) in [4.78, 5) is 26.9. The second-order valence-corrected chi connectivity index (χ2v) is 7.29. The lowest BCUT2D eigenvalue weighted by atomic mass is 10.1. The number of likely N-dealkylation sites (tertiary alicyclic amines) is 1. The van der Waals surface area contributed by atoms with Crippen LogP contribution in [-0.4, -0.2) is 34.9 Å². The molecule has 2 amide bonds. The first-order valence-electron chi connectivity index (χ1n) is 9.66. The van der Waals surface area contributed by atoms with E-state index >= 15 is 0 Å². The van der Waals surface area contributed by atoms with E-state index in [1.807, 2.05) is 47.4 Å². The minimum atomic E-state index is -0.152. The number of amides is 2. The van der Waals surface area contributed by atoms with Crippen molar-refractivity contribution in [2.24, 2.45) is 0 Å². The van der Waals surface area contributed by atoms with Crippen molar-refractivity contribution in [2.45, 2.75) is 32.1 Å². The Morgan fingerprint density at radius 2 is 1.61 bits per heavy atom. The summed E-state index contributed by atoms with van der Waals surface area (Å²) in [5.41, 5.74) is 2.30. The topological polar surface area (TPSA) is 61.4 Å². The number of rotatable bonds is 5. The van der Waals surface area contributed by atoms with Gasteiger partial charge in [0.1, 0.15) is 0 Å². The number of nitrogens with zero attached hydrogens (tertiary/aromatic N) is 1. The van der Waals surface area contributed by atoms with E-state index < -0.39 is 0 Å². The fourth-order valence-electron chi connectivity index (χ4n) is 3.29. The molecule has 6 heteroatoms. The molecule has 1 aliphatic heterocycles. The number of hydrogen-bond donors (Lipinski definition) is 2. The van der Waals surface area contributed by atoms with E-state index in [2.05, 4.69) is 10.6 Å². The third-order valence-corrected chi connectivity index (χ3v) is 4.99. The van der Waals surface area contributed by atoms with E-state index in [0.717, 1.165) is 31.5 Å². The van der Waals surface area contributed by atoms with Gasteiger partial charge in [0.2, 0.25) is 5.91 Å². The fourth-order valence-corrected chi connectivity index (χ4v) is 3.51. The average Bonchev–Trinajstić information content (AvgIpc) is 2.73. The number of nitrogens with one attached hydrogen (secondary N) is 2. The summed E-state index contributed by atoms with van der Waals surface area (Å²) >= 11 is 5.28. The zero-order chi connectivity index (χ0) is 19.8. The molecule has 5 nitrogen and oxygen atoms in total. The maximum absolute atomic E-state index is 12.8. The van der Waals surface area contributed by atoms with Gasteiger partial charge in [-0.2, -0.15) is 0 Å². The summed E-state index contributed by atoms with van der Waals surface area (Å²) < 4.78 is 0. The molecule has 0 saturated carbocycles. The molecule has 2 aromatic rings. The number of anilines is 1. The molecular weight excluding hydrogens is 370 g/mol. The number of thiocarbonyl (C=S) groups is 1. The zero-order valence-electron chi connectivity index (χ0n) is 15.8. The maximum atomic E-state index is 12.8. The summed E-state index contributed by atoms with van der Waals surface area (Å²) in [6.45, 7) is 1.57. The Balaban J connectivity index is 1.56. The van der Waals surface area contributed by atoms with Crippen molar-refractivity contribution in [1.82, 2.24) is 10.2 Å². The van der Waals surface area contributed by atoms with Gasteiger partial charge in [0.05, 0.1) is 11.3 Å². The SMILES string of the molecule is O=C(CCc1ccccc1)NC(=S)Nc1ccccc1C(=O)N1CCCCC1. The third-order valence-electron chi connectivity index (χ3n) is 4.79. The van der Waals surface area contributed by atoms with E-state index in [-0.39, 0.29) is 16.9 Å². The predicted octanol–water partition coefficient (Wildman–Crippen LogP) is 3.76. The first-order chi connectivity index (χ1) is 13.6. The van der Waals surface area contributed by atoms with Gasteiger partial charge in [-0.25, -0.2) is 0 Å². The van der Waals surface area contributed by atoms with Gasteiger partial charge >= 0.3 is 0 Å². The highest BCUT2D eigenvalue weighted by atomic mass is 32.1. The quantitative estimate of drug-likeness (QED) is 0.757. The molecule has 1 fully saturated rings. The molecule has 2 N–H and O–H groups in total. The Labute approximate surface area is 171 Å². The number of hydrogen-bond acceptors (Lipinski definition) is 3. The van der Waals surface area contributed by atoms with Crippen LogP contribution in [0.5, 0.6) is 0 Å². The normalized spacial score (nSPS) is 13.6. The molecule has 0 aromatic heterocycles. The van der Waals surface area contributed by atoms with Crippen molar-refractivity contribution in [3.8, 4) is 0 Å². The monoisotopic (exact) mass is 395 g/mol. The van der Waals surface area contributed by atoms with E-state index in [9.17, 15) is 9.59 Å². The van der Waals surface area contributed by atoms with Gasteiger partial charge in [0.15, 0.2) is 5.11 Å². The van der Waals surface area contributed by atoms with E-state index in [0.29, 0.717) is 24.1 Å². The molecule has 1 heterocycles. The maximum Gasteiger partial charge on any atom is 0.255 e. The first-order valence-corrected chi connectivity index (χ1v) is 10.1. The van der Waals surface area contributed by atoms with Crippen molar-refractivity contribution >= 4 is 34.8 Å². The van der Waals surface area contributed by atoms with Crippen molar-refractivity contribution in [2.75, 3.05) is 18.4 Å². The minimum absolute atomic E-state index is 0.000930. The summed E-state index contributed by atoms with van der Waals surface area (Å²) in [6.07, 6.45) is 4.25. The van der Waals surface area contributed by atoms with Gasteiger partial charge in [0.25, 0.3) is 5.91 Å².